The lowest BCUT2D eigenvalue weighted by atomic mass is 10.2. The van der Waals surface area contributed by atoms with E-state index in [0.29, 0.717) is 29.6 Å². The van der Waals surface area contributed by atoms with Gasteiger partial charge in [-0.25, -0.2) is 0 Å². The molecule has 0 saturated heterocycles. The number of carbonyl (C=O) groups is 1. The third-order valence-electron chi connectivity index (χ3n) is 5.43. The average molecular weight is 489 g/mol. The Labute approximate surface area is 207 Å². The zero-order valence-electron chi connectivity index (χ0n) is 18.7. The molecule has 0 fully saturated rings. The highest BCUT2D eigenvalue weighted by atomic mass is 32.2. The third kappa shape index (κ3) is 4.98. The van der Waals surface area contributed by atoms with Crippen LogP contribution in [0.2, 0.25) is 0 Å². The minimum Gasteiger partial charge on any atom is -0.352 e. The van der Waals surface area contributed by atoms with Crippen molar-refractivity contribution in [3.63, 3.8) is 0 Å². The molecule has 0 unspecified atom stereocenters. The van der Waals surface area contributed by atoms with Gasteiger partial charge in [0.2, 0.25) is 5.89 Å². The van der Waals surface area contributed by atoms with Gasteiger partial charge in [0.25, 0.3) is 5.91 Å². The summed E-state index contributed by atoms with van der Waals surface area (Å²) in [6, 6.07) is 24.6. The summed E-state index contributed by atoms with van der Waals surface area (Å²) in [5.74, 6) is 1.62. The lowest BCUT2D eigenvalue weighted by Crippen LogP contribution is -2.29. The minimum atomic E-state index is -0.0696. The first kappa shape index (κ1) is 22.6. The second-order valence-corrected chi connectivity index (χ2v) is 9.92. The fourth-order valence-corrected chi connectivity index (χ4v) is 5.86. The molecule has 1 aliphatic heterocycles. The molecule has 5 rings (SSSR count). The molecule has 0 saturated carbocycles. The molecule has 1 aliphatic rings. The number of fused-ring (bicyclic) bond motifs is 2. The molecule has 0 atom stereocenters. The van der Waals surface area contributed by atoms with Crippen LogP contribution in [0.5, 0.6) is 0 Å². The lowest BCUT2D eigenvalue weighted by molar-refractivity contribution is 0.0950. The fourth-order valence-electron chi connectivity index (χ4n) is 3.87. The van der Waals surface area contributed by atoms with Crippen LogP contribution in [0.15, 0.2) is 92.0 Å². The first-order chi connectivity index (χ1) is 16.7. The number of anilines is 2. The van der Waals surface area contributed by atoms with Gasteiger partial charge in [-0.2, -0.15) is 4.98 Å². The van der Waals surface area contributed by atoms with Gasteiger partial charge in [-0.3, -0.25) is 4.79 Å². The summed E-state index contributed by atoms with van der Waals surface area (Å²) in [5, 5.41) is 6.91. The van der Waals surface area contributed by atoms with Crippen LogP contribution in [0.1, 0.15) is 28.5 Å². The number of amides is 1. The van der Waals surface area contributed by atoms with Crippen molar-refractivity contribution in [3.8, 4) is 0 Å². The Kier molecular flexibility index (Phi) is 6.87. The Bertz CT molecular complexity index is 1260. The molecule has 8 heteroatoms. The van der Waals surface area contributed by atoms with E-state index in [9.17, 15) is 4.79 Å². The molecule has 0 aliphatic carbocycles. The molecule has 172 valence electrons. The second kappa shape index (κ2) is 10.4. The van der Waals surface area contributed by atoms with Crippen LogP contribution in [0.3, 0.4) is 0 Å². The monoisotopic (exact) mass is 488 g/mol. The Balaban J connectivity index is 1.20. The normalized spacial score (nSPS) is 12.2. The number of para-hydroxylation sites is 2. The molecule has 3 aromatic carbocycles. The number of benzene rings is 3. The lowest BCUT2D eigenvalue weighted by Gasteiger charge is -2.32. The summed E-state index contributed by atoms with van der Waals surface area (Å²) in [4.78, 5) is 22.9. The quantitative estimate of drug-likeness (QED) is 0.238. The summed E-state index contributed by atoms with van der Waals surface area (Å²) in [6.45, 7) is 3.20. The van der Waals surface area contributed by atoms with Gasteiger partial charge in [-0.1, -0.05) is 53.3 Å². The van der Waals surface area contributed by atoms with Crippen LogP contribution in [-0.2, 0) is 5.75 Å². The van der Waals surface area contributed by atoms with E-state index < -0.39 is 0 Å². The Morgan fingerprint density at radius 3 is 2.38 bits per heavy atom. The van der Waals surface area contributed by atoms with Crippen molar-refractivity contribution in [1.29, 1.82) is 0 Å². The standard InChI is InChI=1S/C26H24N4O2S2/c1-18-28-25(32-29-18)17-33-22-12-5-2-9-19(22)26(31)27-15-8-16-30-20-10-3-6-13-23(20)34-24-14-7-4-11-21(24)30/h2-7,9-14H,8,15-17H2,1H3,(H,27,31). The number of hydrogen-bond acceptors (Lipinski definition) is 7. The maximum atomic E-state index is 12.9. The summed E-state index contributed by atoms with van der Waals surface area (Å²) in [5.41, 5.74) is 3.10. The third-order valence-corrected chi connectivity index (χ3v) is 7.62. The SMILES string of the molecule is Cc1noc(CSc2ccccc2C(=O)NCCCN2c3ccccc3Sc3ccccc32)n1. The molecule has 0 spiro atoms. The number of thioether (sulfide) groups is 1. The molecule has 4 aromatic rings. The van der Waals surface area contributed by atoms with E-state index >= 15 is 0 Å². The Hall–Kier alpha value is -3.23. The number of aromatic nitrogens is 2. The Morgan fingerprint density at radius 1 is 1.00 bits per heavy atom. The molecule has 1 aromatic heterocycles. The largest absolute Gasteiger partial charge is 0.352 e. The van der Waals surface area contributed by atoms with E-state index in [0.717, 1.165) is 17.9 Å². The van der Waals surface area contributed by atoms with Crippen molar-refractivity contribution in [2.45, 2.75) is 33.8 Å². The maximum Gasteiger partial charge on any atom is 0.252 e. The molecule has 6 nitrogen and oxygen atoms in total. The van der Waals surface area contributed by atoms with Gasteiger partial charge >= 0.3 is 0 Å². The molecule has 2 heterocycles. The van der Waals surface area contributed by atoms with Crippen molar-refractivity contribution < 1.29 is 9.32 Å². The van der Waals surface area contributed by atoms with Crippen molar-refractivity contribution in [2.75, 3.05) is 18.0 Å². The van der Waals surface area contributed by atoms with E-state index in [1.165, 1.54) is 32.9 Å². The van der Waals surface area contributed by atoms with E-state index in [1.807, 2.05) is 24.3 Å². The number of nitrogens with zero attached hydrogens (tertiary/aromatic N) is 3. The maximum absolute atomic E-state index is 12.9. The van der Waals surface area contributed by atoms with Crippen molar-refractivity contribution in [1.82, 2.24) is 15.5 Å². The summed E-state index contributed by atoms with van der Waals surface area (Å²) < 4.78 is 5.18. The highest BCUT2D eigenvalue weighted by molar-refractivity contribution is 7.99. The molecular weight excluding hydrogens is 464 g/mol. The molecule has 0 bridgehead atoms. The second-order valence-electron chi connectivity index (χ2n) is 7.82. The predicted molar refractivity (Wildman–Crippen MR) is 136 cm³/mol. The molecule has 1 N–H and O–H groups in total. The highest BCUT2D eigenvalue weighted by Gasteiger charge is 2.22. The highest BCUT2D eigenvalue weighted by Crippen LogP contribution is 2.47. The zero-order valence-corrected chi connectivity index (χ0v) is 20.4. The van der Waals surface area contributed by atoms with Gasteiger partial charge in [-0.05, 0) is 49.7 Å². The van der Waals surface area contributed by atoms with E-state index in [4.69, 9.17) is 4.52 Å². The number of hydrogen-bond donors (Lipinski definition) is 1. The zero-order chi connectivity index (χ0) is 23.3. The topological polar surface area (TPSA) is 71.3 Å². The van der Waals surface area contributed by atoms with Crippen molar-refractivity contribution >= 4 is 40.8 Å². The first-order valence-electron chi connectivity index (χ1n) is 11.1. The summed E-state index contributed by atoms with van der Waals surface area (Å²) in [6.07, 6.45) is 0.829. The fraction of sp³-hybridized carbons (Fsp3) is 0.192. The van der Waals surface area contributed by atoms with E-state index in [1.54, 1.807) is 18.7 Å². The van der Waals surface area contributed by atoms with Gasteiger partial charge in [0.15, 0.2) is 5.82 Å². The number of aryl methyl sites for hydroxylation is 1. The van der Waals surface area contributed by atoms with Crippen LogP contribution < -0.4 is 10.2 Å². The molecule has 34 heavy (non-hydrogen) atoms. The van der Waals surface area contributed by atoms with Gasteiger partial charge in [0.1, 0.15) is 0 Å². The number of nitrogens with one attached hydrogen (secondary N) is 1. The van der Waals surface area contributed by atoms with Gasteiger partial charge in [0.05, 0.1) is 22.7 Å². The summed E-state index contributed by atoms with van der Waals surface area (Å²) >= 11 is 3.33. The molecular formula is C26H24N4O2S2. The van der Waals surface area contributed by atoms with E-state index in [-0.39, 0.29) is 5.91 Å². The van der Waals surface area contributed by atoms with E-state index in [2.05, 4.69) is 68.9 Å². The predicted octanol–water partition coefficient (Wildman–Crippen LogP) is 6.09. The first-order valence-corrected chi connectivity index (χ1v) is 12.9. The summed E-state index contributed by atoms with van der Waals surface area (Å²) in [7, 11) is 0. The molecule has 0 radical (unpaired) electrons. The minimum absolute atomic E-state index is 0.0696. The van der Waals surface area contributed by atoms with Crippen molar-refractivity contribution in [3.05, 3.63) is 90.1 Å². The number of rotatable bonds is 8. The van der Waals surface area contributed by atoms with Crippen LogP contribution in [0.25, 0.3) is 0 Å². The Morgan fingerprint density at radius 2 is 1.68 bits per heavy atom. The van der Waals surface area contributed by atoms with Gasteiger partial charge < -0.3 is 14.7 Å². The van der Waals surface area contributed by atoms with Crippen LogP contribution in [0.4, 0.5) is 11.4 Å². The van der Waals surface area contributed by atoms with Crippen LogP contribution >= 0.6 is 23.5 Å². The average Bonchev–Trinajstić information content (AvgIpc) is 3.29. The van der Waals surface area contributed by atoms with Crippen LogP contribution in [-0.4, -0.2) is 29.1 Å². The molecule has 1 amide bonds. The van der Waals surface area contributed by atoms with Gasteiger partial charge in [-0.15, -0.1) is 11.8 Å². The smallest absolute Gasteiger partial charge is 0.252 e. The van der Waals surface area contributed by atoms with Crippen LogP contribution in [0, 0.1) is 6.92 Å². The number of carbonyl (C=O) groups excluding carboxylic acids is 1. The van der Waals surface area contributed by atoms with Crippen molar-refractivity contribution in [2.24, 2.45) is 0 Å². The van der Waals surface area contributed by atoms with Gasteiger partial charge in [0, 0.05) is 27.8 Å².